The number of esters is 1. The second-order valence-electron chi connectivity index (χ2n) is 6.80. The Morgan fingerprint density at radius 2 is 1.79 bits per heavy atom. The topological polar surface area (TPSA) is 81.2 Å². The highest BCUT2D eigenvalue weighted by Crippen LogP contribution is 2.18. The average Bonchev–Trinajstić information content (AvgIpc) is 2.63. The number of aromatic nitrogens is 2. The summed E-state index contributed by atoms with van der Waals surface area (Å²) in [6, 6.07) is 5.82. The van der Waals surface area contributed by atoms with E-state index in [9.17, 15) is 9.59 Å². The van der Waals surface area contributed by atoms with E-state index in [4.69, 9.17) is 4.74 Å². The van der Waals surface area contributed by atoms with Gasteiger partial charge in [-0.25, -0.2) is 9.97 Å². The summed E-state index contributed by atoms with van der Waals surface area (Å²) >= 11 is 1.49. The molecule has 1 unspecified atom stereocenters. The zero-order valence-corrected chi connectivity index (χ0v) is 18.1. The fourth-order valence-electron chi connectivity index (χ4n) is 2.80. The molecule has 1 aromatic carbocycles. The van der Waals surface area contributed by atoms with E-state index in [1.165, 1.54) is 11.8 Å². The number of nitrogens with zero attached hydrogens (tertiary/aromatic N) is 2. The Morgan fingerprint density at radius 3 is 2.39 bits per heavy atom. The van der Waals surface area contributed by atoms with Crippen LogP contribution in [0, 0.1) is 27.7 Å². The lowest BCUT2D eigenvalue weighted by Crippen LogP contribution is -2.30. The lowest BCUT2D eigenvalue weighted by atomic mass is 10.1. The van der Waals surface area contributed by atoms with Crippen molar-refractivity contribution < 1.29 is 14.3 Å². The zero-order chi connectivity index (χ0) is 20.8. The number of rotatable bonds is 7. The van der Waals surface area contributed by atoms with Gasteiger partial charge >= 0.3 is 5.97 Å². The molecule has 0 aliphatic rings. The van der Waals surface area contributed by atoms with Crippen molar-refractivity contribution in [3.63, 3.8) is 0 Å². The zero-order valence-electron chi connectivity index (χ0n) is 17.3. The van der Waals surface area contributed by atoms with Gasteiger partial charge in [-0.2, -0.15) is 0 Å². The Morgan fingerprint density at radius 1 is 1.14 bits per heavy atom. The lowest BCUT2D eigenvalue weighted by molar-refractivity contribution is -0.153. The molecule has 7 heteroatoms. The summed E-state index contributed by atoms with van der Waals surface area (Å²) in [6.45, 7) is 9.27. The number of thioether (sulfide) groups is 1. The molecule has 0 bridgehead atoms. The highest BCUT2D eigenvalue weighted by atomic mass is 32.2. The summed E-state index contributed by atoms with van der Waals surface area (Å²) in [5.41, 5.74) is 5.41. The molecular weight excluding hydrogens is 374 g/mol. The minimum atomic E-state index is -0.871. The number of carbonyl (C=O) groups excluding carboxylic acids is 2. The monoisotopic (exact) mass is 401 g/mol. The van der Waals surface area contributed by atoms with Crippen LogP contribution in [-0.2, 0) is 20.7 Å². The van der Waals surface area contributed by atoms with Gasteiger partial charge in [-0.15, -0.1) is 0 Å². The van der Waals surface area contributed by atoms with E-state index in [2.05, 4.69) is 15.3 Å². The maximum absolute atomic E-state index is 12.4. The van der Waals surface area contributed by atoms with Crippen LogP contribution >= 0.6 is 11.8 Å². The van der Waals surface area contributed by atoms with Gasteiger partial charge in [0.1, 0.15) is 0 Å². The number of amides is 1. The van der Waals surface area contributed by atoms with Crippen molar-refractivity contribution in [1.82, 2.24) is 9.97 Å². The normalized spacial score (nSPS) is 11.8. The Balaban J connectivity index is 1.92. The van der Waals surface area contributed by atoms with Gasteiger partial charge in [0.25, 0.3) is 5.91 Å². The van der Waals surface area contributed by atoms with Gasteiger partial charge in [0, 0.05) is 23.5 Å². The van der Waals surface area contributed by atoms with Crippen molar-refractivity contribution in [2.24, 2.45) is 0 Å². The van der Waals surface area contributed by atoms with Crippen molar-refractivity contribution >= 4 is 29.3 Å². The Kier molecular flexibility index (Phi) is 7.57. The summed E-state index contributed by atoms with van der Waals surface area (Å²) < 4.78 is 5.30. The molecule has 1 N–H and O–H groups in total. The number of hydrogen-bond donors (Lipinski definition) is 1. The minimum Gasteiger partial charge on any atom is -0.453 e. The second-order valence-corrected chi connectivity index (χ2v) is 7.57. The third-order valence-corrected chi connectivity index (χ3v) is 5.04. The van der Waals surface area contributed by atoms with Gasteiger partial charge in [-0.05, 0) is 70.1 Å². The van der Waals surface area contributed by atoms with E-state index in [0.717, 1.165) is 38.9 Å². The highest BCUT2D eigenvalue weighted by molar-refractivity contribution is 7.98. The SMILES string of the molecule is CSc1nc(C)c(CCC(=O)OC(C)C(=O)Nc2cc(C)ccc2C)c(C)n1. The summed E-state index contributed by atoms with van der Waals surface area (Å²) in [5, 5.41) is 3.54. The number of benzene rings is 1. The third-order valence-electron chi connectivity index (χ3n) is 4.49. The lowest BCUT2D eigenvalue weighted by Gasteiger charge is -2.15. The Hall–Kier alpha value is -2.41. The summed E-state index contributed by atoms with van der Waals surface area (Å²) in [7, 11) is 0. The van der Waals surface area contributed by atoms with Gasteiger partial charge in [-0.1, -0.05) is 23.9 Å². The molecule has 1 heterocycles. The van der Waals surface area contributed by atoms with Crippen LogP contribution in [0.25, 0.3) is 0 Å². The highest BCUT2D eigenvalue weighted by Gasteiger charge is 2.19. The number of hydrogen-bond acceptors (Lipinski definition) is 6. The summed E-state index contributed by atoms with van der Waals surface area (Å²) in [5.74, 6) is -0.765. The molecule has 6 nitrogen and oxygen atoms in total. The van der Waals surface area contributed by atoms with Gasteiger partial charge in [0.2, 0.25) is 0 Å². The Bertz CT molecular complexity index is 860. The van der Waals surface area contributed by atoms with E-state index < -0.39 is 12.1 Å². The van der Waals surface area contributed by atoms with Crippen LogP contribution in [0.5, 0.6) is 0 Å². The van der Waals surface area contributed by atoms with Gasteiger partial charge in [-0.3, -0.25) is 9.59 Å². The molecule has 0 radical (unpaired) electrons. The predicted molar refractivity (Wildman–Crippen MR) is 112 cm³/mol. The van der Waals surface area contributed by atoms with Crippen LogP contribution in [0.3, 0.4) is 0 Å². The molecule has 2 rings (SSSR count). The van der Waals surface area contributed by atoms with E-state index in [1.54, 1.807) is 6.92 Å². The van der Waals surface area contributed by atoms with Crippen LogP contribution in [0.2, 0.25) is 0 Å². The maximum Gasteiger partial charge on any atom is 0.306 e. The third kappa shape index (κ3) is 5.79. The van der Waals surface area contributed by atoms with E-state index >= 15 is 0 Å². The smallest absolute Gasteiger partial charge is 0.306 e. The summed E-state index contributed by atoms with van der Waals surface area (Å²) in [6.07, 6.45) is 1.71. The molecule has 28 heavy (non-hydrogen) atoms. The molecule has 150 valence electrons. The molecule has 0 saturated heterocycles. The van der Waals surface area contributed by atoms with E-state index in [0.29, 0.717) is 6.42 Å². The number of ether oxygens (including phenoxy) is 1. The molecule has 1 atom stereocenters. The van der Waals surface area contributed by atoms with Crippen molar-refractivity contribution in [3.8, 4) is 0 Å². The maximum atomic E-state index is 12.4. The molecular formula is C21H27N3O3S. The number of carbonyl (C=O) groups is 2. The first-order valence-electron chi connectivity index (χ1n) is 9.17. The van der Waals surface area contributed by atoms with E-state index in [1.807, 2.05) is 52.1 Å². The Labute approximate surface area is 170 Å². The van der Waals surface area contributed by atoms with Crippen LogP contribution in [0.15, 0.2) is 23.4 Å². The first-order valence-corrected chi connectivity index (χ1v) is 10.4. The first-order chi connectivity index (χ1) is 13.2. The molecule has 0 spiro atoms. The number of anilines is 1. The average molecular weight is 402 g/mol. The van der Waals surface area contributed by atoms with Crippen molar-refractivity contribution in [1.29, 1.82) is 0 Å². The van der Waals surface area contributed by atoms with E-state index in [-0.39, 0.29) is 12.3 Å². The fourth-order valence-corrected chi connectivity index (χ4v) is 3.26. The molecule has 0 fully saturated rings. The largest absolute Gasteiger partial charge is 0.453 e. The van der Waals surface area contributed by atoms with Gasteiger partial charge < -0.3 is 10.1 Å². The van der Waals surface area contributed by atoms with Crippen LogP contribution in [0.4, 0.5) is 5.69 Å². The van der Waals surface area contributed by atoms with Crippen LogP contribution < -0.4 is 5.32 Å². The molecule has 0 saturated carbocycles. The fraction of sp³-hybridized carbons (Fsp3) is 0.429. The van der Waals surface area contributed by atoms with Crippen LogP contribution in [-0.4, -0.2) is 34.2 Å². The van der Waals surface area contributed by atoms with Crippen molar-refractivity contribution in [3.05, 3.63) is 46.3 Å². The van der Waals surface area contributed by atoms with Crippen molar-refractivity contribution in [2.75, 3.05) is 11.6 Å². The van der Waals surface area contributed by atoms with Crippen LogP contribution in [0.1, 0.15) is 41.4 Å². The number of nitrogens with one attached hydrogen (secondary N) is 1. The van der Waals surface area contributed by atoms with Crippen molar-refractivity contribution in [2.45, 2.75) is 58.7 Å². The number of aryl methyl sites for hydroxylation is 4. The first kappa shape index (κ1) is 21.9. The second kappa shape index (κ2) is 9.68. The van der Waals surface area contributed by atoms with Gasteiger partial charge in [0.05, 0.1) is 0 Å². The predicted octanol–water partition coefficient (Wildman–Crippen LogP) is 3.94. The molecule has 1 aromatic heterocycles. The standard InChI is InChI=1S/C21H27N3O3S/c1-12-7-8-13(2)18(11-12)24-20(26)16(5)27-19(25)10-9-17-14(3)22-21(28-6)23-15(17)4/h7-8,11,16H,9-10H2,1-6H3,(H,24,26). The molecule has 0 aliphatic carbocycles. The molecule has 0 aliphatic heterocycles. The molecule has 2 aromatic rings. The quantitative estimate of drug-likeness (QED) is 0.430. The minimum absolute atomic E-state index is 0.171. The summed E-state index contributed by atoms with van der Waals surface area (Å²) in [4.78, 5) is 33.4. The molecule has 1 amide bonds. The van der Waals surface area contributed by atoms with Gasteiger partial charge in [0.15, 0.2) is 11.3 Å².